The Kier molecular flexibility index (Phi) is 5.77. The first-order valence-electron chi connectivity index (χ1n) is 5.94. The number of methoxy groups -OCH3 is 2. The van der Waals surface area contributed by atoms with Crippen molar-refractivity contribution in [1.29, 1.82) is 0 Å². The lowest BCUT2D eigenvalue weighted by molar-refractivity contribution is 0.0607. The first kappa shape index (κ1) is 14.6. The molecule has 0 unspecified atom stereocenters. The number of unbranched alkanes of at least 4 members (excludes halogenated alkanes) is 2. The number of nitrogens with two attached hydrogens (primary N) is 1. The SMILES string of the molecule is CCCCCNc1sc(C(=O)OC)c(N)c1OC. The van der Waals surface area contributed by atoms with Crippen molar-refractivity contribution in [3.8, 4) is 5.75 Å². The van der Waals surface area contributed by atoms with Gasteiger partial charge in [0.15, 0.2) is 5.75 Å². The topological polar surface area (TPSA) is 73.6 Å². The van der Waals surface area contributed by atoms with Gasteiger partial charge in [-0.1, -0.05) is 19.8 Å². The van der Waals surface area contributed by atoms with E-state index < -0.39 is 5.97 Å². The monoisotopic (exact) mass is 272 g/mol. The third-order valence-corrected chi connectivity index (χ3v) is 3.66. The lowest BCUT2D eigenvalue weighted by atomic mass is 10.2. The van der Waals surface area contributed by atoms with E-state index in [2.05, 4.69) is 17.0 Å². The number of esters is 1. The van der Waals surface area contributed by atoms with Gasteiger partial charge in [-0.2, -0.15) is 0 Å². The molecule has 0 radical (unpaired) electrons. The van der Waals surface area contributed by atoms with E-state index in [9.17, 15) is 4.79 Å². The van der Waals surface area contributed by atoms with Gasteiger partial charge in [0, 0.05) is 6.54 Å². The molecule has 0 aliphatic rings. The Morgan fingerprint density at radius 1 is 1.39 bits per heavy atom. The van der Waals surface area contributed by atoms with Crippen molar-refractivity contribution in [2.45, 2.75) is 26.2 Å². The van der Waals surface area contributed by atoms with Gasteiger partial charge in [0.2, 0.25) is 0 Å². The molecule has 0 spiro atoms. The van der Waals surface area contributed by atoms with Crippen LogP contribution < -0.4 is 15.8 Å². The fraction of sp³-hybridized carbons (Fsp3) is 0.583. The summed E-state index contributed by atoms with van der Waals surface area (Å²) < 4.78 is 9.90. The summed E-state index contributed by atoms with van der Waals surface area (Å²) >= 11 is 1.27. The highest BCUT2D eigenvalue weighted by molar-refractivity contribution is 7.19. The molecule has 1 aromatic rings. The van der Waals surface area contributed by atoms with Crippen LogP contribution in [0.4, 0.5) is 10.7 Å². The van der Waals surface area contributed by atoms with Crippen molar-refractivity contribution in [2.75, 3.05) is 31.8 Å². The molecule has 0 aliphatic heterocycles. The van der Waals surface area contributed by atoms with Crippen LogP contribution in [0.15, 0.2) is 0 Å². The Balaban J connectivity index is 2.80. The average Bonchev–Trinajstić information content (AvgIpc) is 2.70. The molecule has 0 fully saturated rings. The number of thiophene rings is 1. The number of hydrogen-bond donors (Lipinski definition) is 2. The first-order valence-corrected chi connectivity index (χ1v) is 6.75. The molecule has 1 heterocycles. The van der Waals surface area contributed by atoms with Crippen LogP contribution in [-0.4, -0.2) is 26.7 Å². The zero-order valence-electron chi connectivity index (χ0n) is 11.0. The highest BCUT2D eigenvalue weighted by Gasteiger charge is 2.22. The number of anilines is 2. The number of nitrogen functional groups attached to an aromatic ring is 1. The number of nitrogens with one attached hydrogen (secondary N) is 1. The van der Waals surface area contributed by atoms with E-state index in [-0.39, 0.29) is 0 Å². The summed E-state index contributed by atoms with van der Waals surface area (Å²) in [5, 5.41) is 4.03. The van der Waals surface area contributed by atoms with Gasteiger partial charge in [-0.3, -0.25) is 0 Å². The van der Waals surface area contributed by atoms with Gasteiger partial charge < -0.3 is 20.5 Å². The molecule has 18 heavy (non-hydrogen) atoms. The van der Waals surface area contributed by atoms with Gasteiger partial charge in [0.05, 0.1) is 14.2 Å². The lowest BCUT2D eigenvalue weighted by Crippen LogP contribution is -2.02. The molecule has 5 nitrogen and oxygen atoms in total. The van der Waals surface area contributed by atoms with Crippen LogP contribution in [0.2, 0.25) is 0 Å². The molecule has 102 valence electrons. The van der Waals surface area contributed by atoms with Crippen molar-refractivity contribution in [3.63, 3.8) is 0 Å². The third kappa shape index (κ3) is 3.29. The molecule has 0 saturated heterocycles. The van der Waals surface area contributed by atoms with Crippen LogP contribution in [0.5, 0.6) is 5.75 Å². The van der Waals surface area contributed by atoms with Crippen LogP contribution in [0.25, 0.3) is 0 Å². The maximum Gasteiger partial charge on any atom is 0.350 e. The van der Waals surface area contributed by atoms with Crippen LogP contribution in [0, 0.1) is 0 Å². The first-order chi connectivity index (χ1) is 8.65. The lowest BCUT2D eigenvalue weighted by Gasteiger charge is -2.06. The highest BCUT2D eigenvalue weighted by atomic mass is 32.1. The molecule has 3 N–H and O–H groups in total. The molecular formula is C12H20N2O3S. The second-order valence-electron chi connectivity index (χ2n) is 3.83. The minimum Gasteiger partial charge on any atom is -0.492 e. The maximum atomic E-state index is 11.5. The number of rotatable bonds is 7. The Bertz CT molecular complexity index is 404. The van der Waals surface area contributed by atoms with Gasteiger partial charge in [-0.05, 0) is 6.42 Å². The minimum absolute atomic E-state index is 0.340. The number of carbonyl (C=O) groups excluding carboxylic acids is 1. The second-order valence-corrected chi connectivity index (χ2v) is 4.85. The van der Waals surface area contributed by atoms with Gasteiger partial charge in [-0.25, -0.2) is 4.79 Å². The Morgan fingerprint density at radius 2 is 2.11 bits per heavy atom. The molecule has 1 rings (SSSR count). The number of carbonyl (C=O) groups is 1. The second kappa shape index (κ2) is 7.10. The smallest absolute Gasteiger partial charge is 0.350 e. The van der Waals surface area contributed by atoms with Crippen LogP contribution in [0.1, 0.15) is 35.9 Å². The average molecular weight is 272 g/mol. The van der Waals surface area contributed by atoms with Crippen LogP contribution >= 0.6 is 11.3 Å². The summed E-state index contributed by atoms with van der Waals surface area (Å²) in [6.45, 7) is 2.99. The van der Waals surface area contributed by atoms with Crippen molar-refractivity contribution in [3.05, 3.63) is 4.88 Å². The standard InChI is InChI=1S/C12H20N2O3S/c1-4-5-6-7-14-11-9(16-2)8(13)10(18-11)12(15)17-3/h14H,4-7,13H2,1-3H3. The van der Waals surface area contributed by atoms with E-state index in [4.69, 9.17) is 10.5 Å². The zero-order valence-corrected chi connectivity index (χ0v) is 11.9. The fourth-order valence-electron chi connectivity index (χ4n) is 1.57. The van der Waals surface area contributed by atoms with Crippen molar-refractivity contribution >= 4 is 28.0 Å². The molecule has 0 atom stereocenters. The summed E-state index contributed by atoms with van der Waals surface area (Å²) in [6.07, 6.45) is 3.41. The van der Waals surface area contributed by atoms with Gasteiger partial charge >= 0.3 is 5.97 Å². The Hall–Kier alpha value is -1.43. The van der Waals surface area contributed by atoms with E-state index in [0.29, 0.717) is 16.3 Å². The maximum absolute atomic E-state index is 11.5. The molecule has 0 aromatic carbocycles. The number of ether oxygens (including phenoxy) is 2. The molecule has 0 saturated carbocycles. The molecular weight excluding hydrogens is 252 g/mol. The highest BCUT2D eigenvalue weighted by Crippen LogP contribution is 2.42. The molecule has 0 bridgehead atoms. The minimum atomic E-state index is -0.433. The summed E-state index contributed by atoms with van der Waals surface area (Å²) in [5.41, 5.74) is 6.21. The molecule has 0 aliphatic carbocycles. The third-order valence-electron chi connectivity index (χ3n) is 2.54. The largest absolute Gasteiger partial charge is 0.492 e. The van der Waals surface area contributed by atoms with Crippen molar-refractivity contribution in [1.82, 2.24) is 0 Å². The molecule has 0 amide bonds. The Labute approximate surface area is 111 Å². The summed E-state index contributed by atoms with van der Waals surface area (Å²) in [6, 6.07) is 0. The summed E-state index contributed by atoms with van der Waals surface area (Å²) in [5.74, 6) is 0.0920. The summed E-state index contributed by atoms with van der Waals surface area (Å²) in [7, 11) is 2.87. The van der Waals surface area contributed by atoms with Gasteiger partial charge in [0.1, 0.15) is 15.6 Å². The van der Waals surface area contributed by atoms with E-state index in [1.165, 1.54) is 38.4 Å². The Morgan fingerprint density at radius 3 is 2.67 bits per heavy atom. The number of hydrogen-bond acceptors (Lipinski definition) is 6. The summed E-state index contributed by atoms with van der Waals surface area (Å²) in [4.78, 5) is 11.9. The van der Waals surface area contributed by atoms with E-state index >= 15 is 0 Å². The van der Waals surface area contributed by atoms with Gasteiger partial charge in [-0.15, -0.1) is 11.3 Å². The molecule has 6 heteroatoms. The predicted octanol–water partition coefficient (Wildman–Crippen LogP) is 2.73. The zero-order chi connectivity index (χ0) is 13.5. The molecule has 1 aromatic heterocycles. The van der Waals surface area contributed by atoms with E-state index in [0.717, 1.165) is 18.0 Å². The van der Waals surface area contributed by atoms with Crippen LogP contribution in [0.3, 0.4) is 0 Å². The quantitative estimate of drug-likeness (QED) is 0.589. The van der Waals surface area contributed by atoms with Crippen molar-refractivity contribution in [2.24, 2.45) is 0 Å². The van der Waals surface area contributed by atoms with Crippen molar-refractivity contribution < 1.29 is 14.3 Å². The fourth-order valence-corrected chi connectivity index (χ4v) is 2.60. The van der Waals surface area contributed by atoms with Gasteiger partial charge in [0.25, 0.3) is 0 Å². The van der Waals surface area contributed by atoms with E-state index in [1.54, 1.807) is 0 Å². The van der Waals surface area contributed by atoms with E-state index in [1.807, 2.05) is 0 Å². The normalized spacial score (nSPS) is 10.2. The predicted molar refractivity (Wildman–Crippen MR) is 74.6 cm³/mol. The van der Waals surface area contributed by atoms with Crippen LogP contribution in [-0.2, 0) is 4.74 Å².